The van der Waals surface area contributed by atoms with E-state index < -0.39 is 0 Å². The highest BCUT2D eigenvalue weighted by Gasteiger charge is 2.77. The molecule has 6 aliphatic rings. The van der Waals surface area contributed by atoms with Gasteiger partial charge in [-0.25, -0.2) is 0 Å². The average molecular weight is 367 g/mol. The Morgan fingerprint density at radius 1 is 1.26 bits per heavy atom. The second-order valence-corrected chi connectivity index (χ2v) is 10.5. The fourth-order valence-corrected chi connectivity index (χ4v) is 9.14. The number of fused-ring (bicyclic) bond motifs is 8. The van der Waals surface area contributed by atoms with E-state index in [2.05, 4.69) is 26.0 Å². The third kappa shape index (κ3) is 1.94. The van der Waals surface area contributed by atoms with Crippen LogP contribution in [0.15, 0.2) is 23.3 Å². The summed E-state index contributed by atoms with van der Waals surface area (Å²) in [7, 11) is 0. The maximum Gasteiger partial charge on any atom is 0.137 e. The first kappa shape index (κ1) is 17.0. The molecule has 0 N–H and O–H groups in total. The van der Waals surface area contributed by atoms with Gasteiger partial charge in [0.25, 0.3) is 0 Å². The van der Waals surface area contributed by atoms with Crippen LogP contribution in [0.4, 0.5) is 0 Å². The summed E-state index contributed by atoms with van der Waals surface area (Å²) >= 11 is 0. The lowest BCUT2D eigenvalue weighted by Crippen LogP contribution is -2.56. The molecular weight excluding hydrogens is 332 g/mol. The van der Waals surface area contributed by atoms with Crippen molar-refractivity contribution in [2.24, 2.45) is 40.9 Å². The highest BCUT2D eigenvalue weighted by atomic mass is 16.5. The van der Waals surface area contributed by atoms with E-state index in [4.69, 9.17) is 4.74 Å². The van der Waals surface area contributed by atoms with Crippen LogP contribution in [0.25, 0.3) is 0 Å². The van der Waals surface area contributed by atoms with Crippen LogP contribution in [0.3, 0.4) is 0 Å². The first-order valence-electron chi connectivity index (χ1n) is 11.7. The molecule has 146 valence electrons. The second-order valence-electron chi connectivity index (χ2n) is 10.5. The van der Waals surface area contributed by atoms with Crippen molar-refractivity contribution in [3.8, 4) is 0 Å². The van der Waals surface area contributed by atoms with Gasteiger partial charge in [0, 0.05) is 18.3 Å². The van der Waals surface area contributed by atoms with E-state index in [1.807, 2.05) is 0 Å². The quantitative estimate of drug-likeness (QED) is 0.605. The lowest BCUT2D eigenvalue weighted by Gasteiger charge is -2.59. The molecule has 0 radical (unpaired) electrons. The number of hydrogen-bond donors (Lipinski definition) is 0. The van der Waals surface area contributed by atoms with Crippen LogP contribution in [-0.2, 0) is 9.53 Å². The van der Waals surface area contributed by atoms with Crippen LogP contribution >= 0.6 is 0 Å². The van der Waals surface area contributed by atoms with Gasteiger partial charge in [-0.1, -0.05) is 43.6 Å². The fourth-order valence-electron chi connectivity index (χ4n) is 9.14. The van der Waals surface area contributed by atoms with Crippen molar-refractivity contribution in [3.63, 3.8) is 0 Å². The first-order valence-corrected chi connectivity index (χ1v) is 11.7. The van der Waals surface area contributed by atoms with Crippen LogP contribution in [0.1, 0.15) is 71.6 Å². The number of hydrogen-bond acceptors (Lipinski definition) is 2. The van der Waals surface area contributed by atoms with E-state index in [0.29, 0.717) is 11.2 Å². The van der Waals surface area contributed by atoms with Crippen LogP contribution in [0, 0.1) is 40.9 Å². The summed E-state index contributed by atoms with van der Waals surface area (Å²) in [6, 6.07) is 0. The summed E-state index contributed by atoms with van der Waals surface area (Å²) < 4.78 is 6.62. The van der Waals surface area contributed by atoms with Gasteiger partial charge in [0.2, 0.25) is 0 Å². The number of carbonyl (C=O) groups is 1. The predicted octanol–water partition coefficient (Wildman–Crippen LogP) is 5.48. The van der Waals surface area contributed by atoms with Crippen molar-refractivity contribution >= 4 is 5.78 Å². The molecule has 2 nitrogen and oxygen atoms in total. The van der Waals surface area contributed by atoms with Crippen molar-refractivity contribution in [2.45, 2.75) is 77.2 Å². The number of ether oxygens (including phenoxy) is 1. The molecule has 0 aromatic carbocycles. The number of ketones is 1. The van der Waals surface area contributed by atoms with Crippen LogP contribution in [-0.4, -0.2) is 18.0 Å². The molecular formula is C25H34O2. The van der Waals surface area contributed by atoms with Crippen LogP contribution in [0.2, 0.25) is 0 Å². The maximum absolute atomic E-state index is 12.1. The Balaban J connectivity index is 1.45. The predicted molar refractivity (Wildman–Crippen MR) is 106 cm³/mol. The highest BCUT2D eigenvalue weighted by Crippen LogP contribution is 2.78. The summed E-state index contributed by atoms with van der Waals surface area (Å²) in [5.41, 5.74) is 3.76. The summed E-state index contributed by atoms with van der Waals surface area (Å²) in [6.45, 7) is 5.69. The number of rotatable bonds is 2. The Hall–Kier alpha value is -0.890. The molecule has 1 heterocycles. The molecule has 5 aliphatic carbocycles. The van der Waals surface area contributed by atoms with Gasteiger partial charge < -0.3 is 4.74 Å². The lowest BCUT2D eigenvalue weighted by atomic mass is 9.47. The summed E-state index contributed by atoms with van der Waals surface area (Å²) in [4.78, 5) is 12.1. The molecule has 1 aliphatic heterocycles. The summed E-state index contributed by atoms with van der Waals surface area (Å²) in [5, 5.41) is 0. The average Bonchev–Trinajstić information content (AvgIpc) is 3.26. The molecule has 8 atom stereocenters. The van der Waals surface area contributed by atoms with Crippen molar-refractivity contribution in [1.29, 1.82) is 0 Å². The van der Waals surface area contributed by atoms with E-state index in [0.717, 1.165) is 61.4 Å². The molecule has 0 amide bonds. The molecule has 3 saturated carbocycles. The Morgan fingerprint density at radius 2 is 2.15 bits per heavy atom. The Kier molecular flexibility index (Phi) is 3.52. The zero-order chi connectivity index (χ0) is 18.4. The Bertz CT molecular complexity index is 747. The van der Waals surface area contributed by atoms with Crippen molar-refractivity contribution in [1.82, 2.24) is 0 Å². The normalized spacial score (nSPS) is 52.6. The van der Waals surface area contributed by atoms with Gasteiger partial charge >= 0.3 is 0 Å². The van der Waals surface area contributed by atoms with E-state index in [-0.39, 0.29) is 5.60 Å². The zero-order valence-corrected chi connectivity index (χ0v) is 17.0. The van der Waals surface area contributed by atoms with Gasteiger partial charge in [-0.05, 0) is 74.0 Å². The van der Waals surface area contributed by atoms with Gasteiger partial charge in [0.15, 0.2) is 0 Å². The fraction of sp³-hybridized carbons (Fsp3) is 0.800. The standard InChI is InChI=1S/C25H34O2/c1-3-15-12-16-13-17(26)6-7-18(16)19-8-10-24(4-2)23(22(15)19)20-14-21(20)25(24)9-5-11-27-25/h5,9,15,19-23H,3-4,6-8,10-14H2,1-2H3/t15-,19?,20+,21-,22?,23?,24-,25-/m0/s1. The highest BCUT2D eigenvalue weighted by molar-refractivity contribution is 5.82. The van der Waals surface area contributed by atoms with E-state index in [1.54, 1.807) is 11.1 Å². The zero-order valence-electron chi connectivity index (χ0n) is 17.0. The topological polar surface area (TPSA) is 26.3 Å². The maximum atomic E-state index is 12.1. The van der Waals surface area contributed by atoms with E-state index in [9.17, 15) is 4.79 Å². The van der Waals surface area contributed by atoms with E-state index in [1.165, 1.54) is 38.5 Å². The minimum Gasteiger partial charge on any atom is -0.366 e. The minimum atomic E-state index is 0.0670. The number of Topliss-reactive ketones (excluding diaryl/α,β-unsaturated/α-hetero) is 1. The van der Waals surface area contributed by atoms with Crippen LogP contribution < -0.4 is 0 Å². The SMILES string of the molecule is CC[C@H]1CC2=C(CCC(=O)C2)C2CC[C@@]3(CC)C(C21)[C@@H]1C[C@@H]1[C@@]31C=CCO1. The third-order valence-electron chi connectivity index (χ3n) is 10.0. The van der Waals surface area contributed by atoms with Crippen molar-refractivity contribution < 1.29 is 9.53 Å². The lowest BCUT2D eigenvalue weighted by molar-refractivity contribution is -0.141. The molecule has 0 aromatic rings. The van der Waals surface area contributed by atoms with Gasteiger partial charge in [-0.2, -0.15) is 0 Å². The largest absolute Gasteiger partial charge is 0.366 e. The molecule has 0 bridgehead atoms. The second kappa shape index (κ2) is 5.59. The van der Waals surface area contributed by atoms with Gasteiger partial charge in [-0.15, -0.1) is 0 Å². The third-order valence-corrected chi connectivity index (χ3v) is 10.0. The number of carbonyl (C=O) groups excluding carboxylic acids is 1. The van der Waals surface area contributed by atoms with Gasteiger partial charge in [-0.3, -0.25) is 4.79 Å². The summed E-state index contributed by atoms with van der Waals surface area (Å²) in [6.07, 6.45) is 15.4. The molecule has 3 fully saturated rings. The first-order chi connectivity index (χ1) is 13.1. The minimum absolute atomic E-state index is 0.0670. The molecule has 2 heteroatoms. The van der Waals surface area contributed by atoms with Crippen molar-refractivity contribution in [3.05, 3.63) is 23.3 Å². The molecule has 3 unspecified atom stereocenters. The molecule has 6 rings (SSSR count). The van der Waals surface area contributed by atoms with Crippen LogP contribution in [0.5, 0.6) is 0 Å². The number of allylic oxidation sites excluding steroid dienone is 2. The molecule has 0 aromatic heterocycles. The van der Waals surface area contributed by atoms with Gasteiger partial charge in [0.05, 0.1) is 12.2 Å². The Morgan fingerprint density at radius 3 is 2.89 bits per heavy atom. The smallest absolute Gasteiger partial charge is 0.137 e. The molecule has 1 spiro atoms. The monoisotopic (exact) mass is 366 g/mol. The summed E-state index contributed by atoms with van der Waals surface area (Å²) in [5.74, 6) is 5.46. The molecule has 27 heavy (non-hydrogen) atoms. The Labute approximate surface area is 163 Å². The van der Waals surface area contributed by atoms with Gasteiger partial charge in [0.1, 0.15) is 5.78 Å². The van der Waals surface area contributed by atoms with Crippen molar-refractivity contribution in [2.75, 3.05) is 6.61 Å². The van der Waals surface area contributed by atoms with E-state index >= 15 is 0 Å². The molecule has 0 saturated heterocycles.